The van der Waals surface area contributed by atoms with E-state index >= 15 is 0 Å². The number of urea groups is 1. The van der Waals surface area contributed by atoms with E-state index in [2.05, 4.69) is 16.0 Å². The summed E-state index contributed by atoms with van der Waals surface area (Å²) in [5, 5.41) is 7.04. The molecule has 124 valence electrons. The summed E-state index contributed by atoms with van der Waals surface area (Å²) in [6.07, 6.45) is -0.186. The predicted octanol–water partition coefficient (Wildman–Crippen LogP) is 0.249. The molecule has 1 saturated heterocycles. The van der Waals surface area contributed by atoms with E-state index in [1.54, 1.807) is 12.1 Å². The molecule has 4 amide bonds. The van der Waals surface area contributed by atoms with Gasteiger partial charge in [-0.2, -0.15) is 0 Å². The van der Waals surface area contributed by atoms with Crippen LogP contribution in [0, 0.1) is 0 Å². The highest BCUT2D eigenvalue weighted by atomic mass is 16.5. The van der Waals surface area contributed by atoms with Gasteiger partial charge in [0.05, 0.1) is 27.8 Å². The molecule has 9 heteroatoms. The van der Waals surface area contributed by atoms with Gasteiger partial charge in [-0.05, 0) is 0 Å². The van der Waals surface area contributed by atoms with Gasteiger partial charge < -0.3 is 24.8 Å². The van der Waals surface area contributed by atoms with Crippen LogP contribution in [0.2, 0.25) is 0 Å². The lowest BCUT2D eigenvalue weighted by atomic mass is 10.2. The Kier molecular flexibility index (Phi) is 4.89. The number of carbonyl (C=O) groups excluding carboxylic acids is 3. The number of carbonyl (C=O) groups is 3. The second-order valence-corrected chi connectivity index (χ2v) is 4.68. The van der Waals surface area contributed by atoms with Gasteiger partial charge >= 0.3 is 6.03 Å². The van der Waals surface area contributed by atoms with Gasteiger partial charge in [0.15, 0.2) is 11.5 Å². The van der Waals surface area contributed by atoms with Crippen molar-refractivity contribution in [2.24, 2.45) is 0 Å². The summed E-state index contributed by atoms with van der Waals surface area (Å²) in [6.45, 7) is 0. The zero-order valence-corrected chi connectivity index (χ0v) is 12.9. The van der Waals surface area contributed by atoms with Gasteiger partial charge in [0.1, 0.15) is 6.04 Å². The molecule has 1 heterocycles. The van der Waals surface area contributed by atoms with Crippen molar-refractivity contribution in [1.82, 2.24) is 10.6 Å². The molecule has 1 unspecified atom stereocenters. The Hall–Kier alpha value is -2.97. The molecule has 1 atom stereocenters. The van der Waals surface area contributed by atoms with Crippen LogP contribution in [-0.4, -0.2) is 45.2 Å². The molecular weight excluding hydrogens is 306 g/mol. The predicted molar refractivity (Wildman–Crippen MR) is 79.8 cm³/mol. The number of benzene rings is 1. The monoisotopic (exact) mass is 323 g/mol. The van der Waals surface area contributed by atoms with Crippen LogP contribution >= 0.6 is 0 Å². The van der Waals surface area contributed by atoms with Crippen molar-refractivity contribution in [1.29, 1.82) is 0 Å². The number of anilines is 1. The third-order valence-electron chi connectivity index (χ3n) is 3.20. The van der Waals surface area contributed by atoms with Crippen LogP contribution in [-0.2, 0) is 9.59 Å². The van der Waals surface area contributed by atoms with E-state index in [1.165, 1.54) is 21.3 Å². The first-order valence-electron chi connectivity index (χ1n) is 6.69. The molecule has 2 rings (SSSR count). The number of amides is 4. The molecule has 0 aromatic heterocycles. The van der Waals surface area contributed by atoms with E-state index in [1.807, 2.05) is 0 Å². The highest BCUT2D eigenvalue weighted by molar-refractivity contribution is 6.06. The van der Waals surface area contributed by atoms with Gasteiger partial charge in [-0.25, -0.2) is 4.79 Å². The Balaban J connectivity index is 2.11. The van der Waals surface area contributed by atoms with E-state index in [-0.39, 0.29) is 6.42 Å². The molecule has 1 aromatic rings. The van der Waals surface area contributed by atoms with E-state index in [0.717, 1.165) is 0 Å². The molecule has 0 spiro atoms. The Bertz CT molecular complexity index is 620. The smallest absolute Gasteiger partial charge is 0.322 e. The maximum Gasteiger partial charge on any atom is 0.322 e. The van der Waals surface area contributed by atoms with Crippen LogP contribution in [0.25, 0.3) is 0 Å². The summed E-state index contributed by atoms with van der Waals surface area (Å²) in [5.74, 6) is 0.190. The Morgan fingerprint density at radius 2 is 1.74 bits per heavy atom. The molecule has 3 N–H and O–H groups in total. The molecule has 1 fully saturated rings. The second kappa shape index (κ2) is 6.86. The molecule has 0 aliphatic carbocycles. The molecule has 0 saturated carbocycles. The Labute approximate surface area is 132 Å². The van der Waals surface area contributed by atoms with Gasteiger partial charge in [-0.1, -0.05) is 0 Å². The number of rotatable bonds is 6. The van der Waals surface area contributed by atoms with Crippen LogP contribution in [0.1, 0.15) is 6.42 Å². The minimum Gasteiger partial charge on any atom is -0.493 e. The van der Waals surface area contributed by atoms with Crippen molar-refractivity contribution in [3.8, 4) is 17.2 Å². The zero-order valence-electron chi connectivity index (χ0n) is 12.9. The zero-order chi connectivity index (χ0) is 17.0. The highest BCUT2D eigenvalue weighted by Crippen LogP contribution is 2.39. The van der Waals surface area contributed by atoms with Crippen molar-refractivity contribution in [2.75, 3.05) is 26.6 Å². The van der Waals surface area contributed by atoms with Gasteiger partial charge in [0.25, 0.3) is 5.91 Å². The molecule has 9 nitrogen and oxygen atoms in total. The van der Waals surface area contributed by atoms with Crippen LogP contribution < -0.4 is 30.2 Å². The van der Waals surface area contributed by atoms with Gasteiger partial charge in [0, 0.05) is 17.8 Å². The Morgan fingerprint density at radius 1 is 1.13 bits per heavy atom. The van der Waals surface area contributed by atoms with E-state index in [0.29, 0.717) is 22.9 Å². The number of hydrogen-bond donors (Lipinski definition) is 3. The summed E-state index contributed by atoms with van der Waals surface area (Å²) >= 11 is 0. The van der Waals surface area contributed by atoms with Gasteiger partial charge in [0.2, 0.25) is 11.7 Å². The molecular formula is C14H17N3O6. The normalized spacial score (nSPS) is 16.4. The standard InChI is InChI=1S/C14H17N3O6/c1-21-9-4-7(5-10(22-2)12(9)23-3)15-11(18)6-8-13(19)17-14(20)16-8/h4-5,8H,6H2,1-3H3,(H,15,18)(H2,16,17,19,20). The molecule has 1 aliphatic heterocycles. The SMILES string of the molecule is COc1cc(NC(=O)CC2NC(=O)NC2=O)cc(OC)c1OC. The van der Waals surface area contributed by atoms with Gasteiger partial charge in [-0.15, -0.1) is 0 Å². The summed E-state index contributed by atoms with van der Waals surface area (Å²) in [4.78, 5) is 34.5. The second-order valence-electron chi connectivity index (χ2n) is 4.68. The molecule has 23 heavy (non-hydrogen) atoms. The lowest BCUT2D eigenvalue weighted by Gasteiger charge is -2.15. The molecule has 0 radical (unpaired) electrons. The van der Waals surface area contributed by atoms with Crippen molar-refractivity contribution in [2.45, 2.75) is 12.5 Å². The maximum absolute atomic E-state index is 12.0. The van der Waals surface area contributed by atoms with E-state index < -0.39 is 23.9 Å². The number of methoxy groups -OCH3 is 3. The van der Waals surface area contributed by atoms with Crippen molar-refractivity contribution >= 4 is 23.5 Å². The largest absolute Gasteiger partial charge is 0.493 e. The quantitative estimate of drug-likeness (QED) is 0.646. The molecule has 1 aromatic carbocycles. The fourth-order valence-corrected chi connectivity index (χ4v) is 2.15. The number of hydrogen-bond acceptors (Lipinski definition) is 6. The molecule has 0 bridgehead atoms. The number of ether oxygens (including phenoxy) is 3. The average Bonchev–Trinajstić information content (AvgIpc) is 2.83. The topological polar surface area (TPSA) is 115 Å². The first kappa shape index (κ1) is 16.4. The number of imide groups is 1. The minimum atomic E-state index is -0.885. The molecule has 1 aliphatic rings. The highest BCUT2D eigenvalue weighted by Gasteiger charge is 2.31. The third-order valence-corrected chi connectivity index (χ3v) is 3.20. The van der Waals surface area contributed by atoms with Gasteiger partial charge in [-0.3, -0.25) is 14.9 Å². The minimum absolute atomic E-state index is 0.186. The summed E-state index contributed by atoms with van der Waals surface area (Å²) in [5.41, 5.74) is 0.411. The van der Waals surface area contributed by atoms with Crippen molar-refractivity contribution < 1.29 is 28.6 Å². The maximum atomic E-state index is 12.0. The van der Waals surface area contributed by atoms with E-state index in [9.17, 15) is 14.4 Å². The fraction of sp³-hybridized carbons (Fsp3) is 0.357. The third kappa shape index (κ3) is 3.62. The Morgan fingerprint density at radius 3 is 2.17 bits per heavy atom. The summed E-state index contributed by atoms with van der Waals surface area (Å²) in [7, 11) is 4.39. The van der Waals surface area contributed by atoms with Crippen LogP contribution in [0.15, 0.2) is 12.1 Å². The van der Waals surface area contributed by atoms with Crippen molar-refractivity contribution in [3.05, 3.63) is 12.1 Å². The van der Waals surface area contributed by atoms with Crippen LogP contribution in [0.3, 0.4) is 0 Å². The first-order valence-corrected chi connectivity index (χ1v) is 6.69. The lowest BCUT2D eigenvalue weighted by Crippen LogP contribution is -2.33. The first-order chi connectivity index (χ1) is 11.0. The van der Waals surface area contributed by atoms with Crippen molar-refractivity contribution in [3.63, 3.8) is 0 Å². The average molecular weight is 323 g/mol. The van der Waals surface area contributed by atoms with Crippen LogP contribution in [0.4, 0.5) is 10.5 Å². The van der Waals surface area contributed by atoms with E-state index in [4.69, 9.17) is 14.2 Å². The van der Waals surface area contributed by atoms with Crippen LogP contribution in [0.5, 0.6) is 17.2 Å². The fourth-order valence-electron chi connectivity index (χ4n) is 2.15. The number of nitrogens with one attached hydrogen (secondary N) is 3. The summed E-state index contributed by atoms with van der Waals surface area (Å²) < 4.78 is 15.6. The lowest BCUT2D eigenvalue weighted by molar-refractivity contribution is -0.124. The summed E-state index contributed by atoms with van der Waals surface area (Å²) in [6, 6.07) is 1.63.